The van der Waals surface area contributed by atoms with E-state index in [1.807, 2.05) is 35.8 Å². The highest BCUT2D eigenvalue weighted by Gasteiger charge is 2.21. The van der Waals surface area contributed by atoms with Gasteiger partial charge in [0.05, 0.1) is 29.4 Å². The van der Waals surface area contributed by atoms with Crippen LogP contribution in [0.2, 0.25) is 0 Å². The van der Waals surface area contributed by atoms with Crippen molar-refractivity contribution in [1.29, 1.82) is 0 Å². The highest BCUT2D eigenvalue weighted by atomic mass is 16.7. The Kier molecular flexibility index (Phi) is 4.19. The predicted molar refractivity (Wildman–Crippen MR) is 88.5 cm³/mol. The van der Waals surface area contributed by atoms with Gasteiger partial charge in [0.1, 0.15) is 5.52 Å². The first kappa shape index (κ1) is 15.7. The van der Waals surface area contributed by atoms with E-state index in [2.05, 4.69) is 9.97 Å². The molecule has 1 aromatic carbocycles. The average Bonchev–Trinajstić information content (AvgIpc) is 2.84. The summed E-state index contributed by atoms with van der Waals surface area (Å²) in [5.74, 6) is 0. The lowest BCUT2D eigenvalue weighted by molar-refractivity contribution is 0.00930. The Bertz CT molecular complexity index is 821. The minimum absolute atomic E-state index is 0.122. The van der Waals surface area contributed by atoms with Crippen molar-refractivity contribution >= 4 is 21.9 Å². The molecule has 6 nitrogen and oxygen atoms in total. The van der Waals surface area contributed by atoms with Gasteiger partial charge >= 0.3 is 0 Å². The van der Waals surface area contributed by atoms with Crippen molar-refractivity contribution in [3.05, 3.63) is 30.5 Å². The first-order chi connectivity index (χ1) is 11.0. The average molecular weight is 315 g/mol. The molecule has 0 atom stereocenters. The summed E-state index contributed by atoms with van der Waals surface area (Å²) in [7, 11) is 0. The molecule has 0 spiro atoms. The number of aliphatic hydroxyl groups is 1. The molecule has 0 amide bonds. The Morgan fingerprint density at radius 3 is 2.74 bits per heavy atom. The van der Waals surface area contributed by atoms with Gasteiger partial charge in [0, 0.05) is 12.0 Å². The number of nitrogens with zero attached hydrogens (tertiary/aromatic N) is 3. The number of imidazole rings is 1. The quantitative estimate of drug-likeness (QED) is 0.559. The lowest BCUT2D eigenvalue weighted by Gasteiger charge is -2.20. The van der Waals surface area contributed by atoms with E-state index in [1.54, 1.807) is 20.0 Å². The van der Waals surface area contributed by atoms with Crippen LogP contribution >= 0.6 is 0 Å². The molecule has 2 aromatic heterocycles. The molecule has 3 aromatic rings. The van der Waals surface area contributed by atoms with E-state index in [9.17, 15) is 5.11 Å². The minimum Gasteiger partial charge on any atom is -0.437 e. The van der Waals surface area contributed by atoms with Crippen LogP contribution in [-0.4, -0.2) is 38.6 Å². The molecule has 0 fully saturated rings. The smallest absolute Gasteiger partial charge is 0.299 e. The fourth-order valence-corrected chi connectivity index (χ4v) is 2.56. The van der Waals surface area contributed by atoms with Crippen LogP contribution in [0.1, 0.15) is 20.8 Å². The number of para-hydroxylation sites is 1. The van der Waals surface area contributed by atoms with Crippen molar-refractivity contribution in [3.8, 4) is 6.01 Å². The van der Waals surface area contributed by atoms with Crippen LogP contribution in [0.3, 0.4) is 0 Å². The fourth-order valence-electron chi connectivity index (χ4n) is 2.56. The summed E-state index contributed by atoms with van der Waals surface area (Å²) in [6.45, 7) is 6.47. The molecule has 23 heavy (non-hydrogen) atoms. The summed E-state index contributed by atoms with van der Waals surface area (Å²) in [5.41, 5.74) is 1.62. The maximum atomic E-state index is 10.3. The third kappa shape index (κ3) is 3.28. The number of hydrogen-bond donors (Lipinski definition) is 1. The molecular weight excluding hydrogens is 294 g/mol. The van der Waals surface area contributed by atoms with E-state index in [0.717, 1.165) is 21.9 Å². The zero-order valence-electron chi connectivity index (χ0n) is 13.6. The predicted octanol–water partition coefficient (Wildman–Crippen LogP) is 2.73. The first-order valence-corrected chi connectivity index (χ1v) is 7.66. The molecule has 122 valence electrons. The lowest BCUT2D eigenvalue weighted by atomic mass is 10.1. The van der Waals surface area contributed by atoms with Gasteiger partial charge in [0.2, 0.25) is 0 Å². The van der Waals surface area contributed by atoms with Gasteiger partial charge in [-0.05, 0) is 26.8 Å². The van der Waals surface area contributed by atoms with Crippen LogP contribution in [0.4, 0.5) is 0 Å². The van der Waals surface area contributed by atoms with Crippen molar-refractivity contribution in [2.45, 2.75) is 32.9 Å². The second-order valence-corrected chi connectivity index (χ2v) is 6.06. The van der Waals surface area contributed by atoms with Crippen molar-refractivity contribution < 1.29 is 14.6 Å². The normalized spacial score (nSPS) is 12.2. The molecule has 6 heteroatoms. The monoisotopic (exact) mass is 315 g/mol. The Morgan fingerprint density at radius 2 is 2.00 bits per heavy atom. The SMILES string of the molecule is CCOCOc1nc2cnc3ccccc3c2n1CC(C)(C)O. The zero-order valence-corrected chi connectivity index (χ0v) is 13.6. The number of rotatable bonds is 6. The van der Waals surface area contributed by atoms with Crippen LogP contribution in [0.5, 0.6) is 6.01 Å². The minimum atomic E-state index is -0.901. The Hall–Kier alpha value is -2.18. The van der Waals surface area contributed by atoms with E-state index in [4.69, 9.17) is 9.47 Å². The topological polar surface area (TPSA) is 69.4 Å². The van der Waals surface area contributed by atoms with E-state index in [1.165, 1.54) is 0 Å². The largest absolute Gasteiger partial charge is 0.437 e. The Balaban J connectivity index is 2.18. The van der Waals surface area contributed by atoms with Gasteiger partial charge in [0.25, 0.3) is 6.01 Å². The van der Waals surface area contributed by atoms with Gasteiger partial charge in [-0.3, -0.25) is 9.55 Å². The highest BCUT2D eigenvalue weighted by Crippen LogP contribution is 2.29. The van der Waals surface area contributed by atoms with E-state index in [0.29, 0.717) is 19.2 Å². The molecule has 2 heterocycles. The van der Waals surface area contributed by atoms with Crippen molar-refractivity contribution in [2.75, 3.05) is 13.4 Å². The standard InChI is InChI=1S/C17H21N3O3/c1-4-22-11-23-16-19-14-9-18-13-8-6-5-7-12(13)15(14)20(16)10-17(2,3)21/h5-9,21H,4,10-11H2,1-3H3. The van der Waals surface area contributed by atoms with Gasteiger partial charge in [-0.25, -0.2) is 0 Å². The summed E-state index contributed by atoms with van der Waals surface area (Å²) < 4.78 is 12.8. The van der Waals surface area contributed by atoms with Crippen LogP contribution in [0.25, 0.3) is 21.9 Å². The van der Waals surface area contributed by atoms with Crippen LogP contribution in [0, 0.1) is 0 Å². The second kappa shape index (κ2) is 6.14. The summed E-state index contributed by atoms with van der Waals surface area (Å²) in [6.07, 6.45) is 1.73. The first-order valence-electron chi connectivity index (χ1n) is 7.66. The van der Waals surface area contributed by atoms with E-state index < -0.39 is 5.60 Å². The third-order valence-electron chi connectivity index (χ3n) is 3.47. The molecule has 0 unspecified atom stereocenters. The van der Waals surface area contributed by atoms with Gasteiger partial charge in [0.15, 0.2) is 6.79 Å². The molecule has 0 saturated heterocycles. The molecule has 0 aliphatic rings. The maximum absolute atomic E-state index is 10.3. The maximum Gasteiger partial charge on any atom is 0.299 e. The third-order valence-corrected chi connectivity index (χ3v) is 3.47. The van der Waals surface area contributed by atoms with Crippen molar-refractivity contribution in [2.24, 2.45) is 0 Å². The number of benzene rings is 1. The Morgan fingerprint density at radius 1 is 1.22 bits per heavy atom. The molecule has 0 bridgehead atoms. The van der Waals surface area contributed by atoms with E-state index >= 15 is 0 Å². The zero-order chi connectivity index (χ0) is 16.4. The Labute approximate surface area is 134 Å². The highest BCUT2D eigenvalue weighted by molar-refractivity contribution is 6.02. The molecule has 0 radical (unpaired) electrons. The molecule has 1 N–H and O–H groups in total. The number of pyridine rings is 1. The number of ether oxygens (including phenoxy) is 2. The summed E-state index contributed by atoms with van der Waals surface area (Å²) in [5, 5.41) is 11.2. The summed E-state index contributed by atoms with van der Waals surface area (Å²) in [4.78, 5) is 8.94. The van der Waals surface area contributed by atoms with Gasteiger partial charge in [-0.1, -0.05) is 18.2 Å². The van der Waals surface area contributed by atoms with Crippen LogP contribution < -0.4 is 4.74 Å². The van der Waals surface area contributed by atoms with Crippen molar-refractivity contribution in [1.82, 2.24) is 14.5 Å². The molecule has 0 saturated carbocycles. The van der Waals surface area contributed by atoms with Crippen LogP contribution in [-0.2, 0) is 11.3 Å². The summed E-state index contributed by atoms with van der Waals surface area (Å²) >= 11 is 0. The van der Waals surface area contributed by atoms with Crippen molar-refractivity contribution in [3.63, 3.8) is 0 Å². The van der Waals surface area contributed by atoms with Gasteiger partial charge in [-0.2, -0.15) is 4.98 Å². The van der Waals surface area contributed by atoms with Gasteiger partial charge in [-0.15, -0.1) is 0 Å². The molecule has 0 aliphatic heterocycles. The molecule has 3 rings (SSSR count). The van der Waals surface area contributed by atoms with Crippen LogP contribution in [0.15, 0.2) is 30.5 Å². The number of hydrogen-bond acceptors (Lipinski definition) is 5. The van der Waals surface area contributed by atoms with E-state index in [-0.39, 0.29) is 6.79 Å². The van der Waals surface area contributed by atoms with Gasteiger partial charge < -0.3 is 14.6 Å². The second-order valence-electron chi connectivity index (χ2n) is 6.06. The molecular formula is C17H21N3O3. The number of fused-ring (bicyclic) bond motifs is 3. The lowest BCUT2D eigenvalue weighted by Crippen LogP contribution is -2.26. The molecule has 0 aliphatic carbocycles. The fraction of sp³-hybridized carbons (Fsp3) is 0.412. The number of aromatic nitrogens is 3. The summed E-state index contributed by atoms with van der Waals surface area (Å²) in [6, 6.07) is 8.29.